The van der Waals surface area contributed by atoms with Gasteiger partial charge in [0.15, 0.2) is 0 Å². The second-order valence-corrected chi connectivity index (χ2v) is 2.89. The molecule has 0 atom stereocenters. The highest BCUT2D eigenvalue weighted by Crippen LogP contribution is 2.17. The Balaban J connectivity index is 2.07. The summed E-state index contributed by atoms with van der Waals surface area (Å²) >= 11 is 0. The van der Waals surface area contributed by atoms with Crippen LogP contribution in [0.2, 0.25) is 0 Å². The fourth-order valence-electron chi connectivity index (χ4n) is 1.11. The fraction of sp³-hybridized carbons (Fsp3) is 0.750. The molecule has 0 saturated carbocycles. The quantitative estimate of drug-likeness (QED) is 0.430. The Morgan fingerprint density at radius 1 is 1.60 bits per heavy atom. The number of rotatable bonds is 3. The lowest BCUT2D eigenvalue weighted by Crippen LogP contribution is -2.59. The molecule has 1 rings (SSSR count). The van der Waals surface area contributed by atoms with Crippen LogP contribution in [0.3, 0.4) is 0 Å². The largest absolute Gasteiger partial charge is 0.387 e. The highest BCUT2D eigenvalue weighted by atomic mass is 16.3. The van der Waals surface area contributed by atoms with E-state index in [1.165, 1.54) is 0 Å². The van der Waals surface area contributed by atoms with Gasteiger partial charge >= 0.3 is 0 Å². The lowest BCUT2D eigenvalue weighted by atomic mass is 9.91. The molecule has 0 aromatic heterocycles. The van der Waals surface area contributed by atoms with Crippen LogP contribution in [0.5, 0.6) is 0 Å². The number of β-amino-alcohol motifs (C(OH)–C–C–N with tert-alkyl or cyclic N) is 1. The van der Waals surface area contributed by atoms with Crippen molar-refractivity contribution in [3.8, 4) is 12.3 Å². The Bertz CT molecular complexity index is 144. The Hall–Kier alpha value is -0.520. The lowest BCUT2D eigenvalue weighted by Gasteiger charge is -2.37. The molecule has 1 fully saturated rings. The van der Waals surface area contributed by atoms with Crippen molar-refractivity contribution in [3.63, 3.8) is 0 Å². The summed E-state index contributed by atoms with van der Waals surface area (Å²) in [6, 6.07) is 0. The molecule has 0 unspecified atom stereocenters. The van der Waals surface area contributed by atoms with Crippen LogP contribution in [0.25, 0.3) is 0 Å². The predicted molar refractivity (Wildman–Crippen MR) is 40.5 cm³/mol. The molecule has 0 spiro atoms. The molecular weight excluding hydrogens is 126 g/mol. The SMILES string of the molecule is C#CCCCC1(O)CNC1. The second-order valence-electron chi connectivity index (χ2n) is 2.89. The molecule has 0 aromatic carbocycles. The molecule has 0 aliphatic carbocycles. The Labute approximate surface area is 61.6 Å². The number of aliphatic hydroxyl groups is 1. The van der Waals surface area contributed by atoms with Crippen molar-refractivity contribution >= 4 is 0 Å². The van der Waals surface area contributed by atoms with E-state index in [1.807, 2.05) is 0 Å². The number of hydrogen-bond donors (Lipinski definition) is 2. The van der Waals surface area contributed by atoms with Crippen LogP contribution in [-0.4, -0.2) is 23.8 Å². The number of hydrogen-bond acceptors (Lipinski definition) is 2. The van der Waals surface area contributed by atoms with Crippen molar-refractivity contribution in [1.82, 2.24) is 5.32 Å². The van der Waals surface area contributed by atoms with Crippen LogP contribution < -0.4 is 5.32 Å². The van der Waals surface area contributed by atoms with E-state index >= 15 is 0 Å². The third kappa shape index (κ3) is 1.73. The minimum atomic E-state index is -0.434. The summed E-state index contributed by atoms with van der Waals surface area (Å²) in [5.74, 6) is 2.56. The van der Waals surface area contributed by atoms with Gasteiger partial charge in [-0.3, -0.25) is 0 Å². The van der Waals surface area contributed by atoms with Crippen LogP contribution in [0.4, 0.5) is 0 Å². The summed E-state index contributed by atoms with van der Waals surface area (Å²) in [6.07, 6.45) is 7.63. The monoisotopic (exact) mass is 139 g/mol. The number of nitrogens with one attached hydrogen (secondary N) is 1. The van der Waals surface area contributed by atoms with E-state index in [-0.39, 0.29) is 0 Å². The Morgan fingerprint density at radius 2 is 2.30 bits per heavy atom. The summed E-state index contributed by atoms with van der Waals surface area (Å²) in [5, 5.41) is 12.5. The predicted octanol–water partition coefficient (Wildman–Crippen LogP) is 0.124. The Morgan fingerprint density at radius 3 is 2.70 bits per heavy atom. The van der Waals surface area contributed by atoms with Crippen LogP contribution in [0.15, 0.2) is 0 Å². The van der Waals surface area contributed by atoms with Crippen molar-refractivity contribution < 1.29 is 5.11 Å². The summed E-state index contributed by atoms with van der Waals surface area (Å²) in [4.78, 5) is 0. The van der Waals surface area contributed by atoms with Gasteiger partial charge in [0.1, 0.15) is 0 Å². The molecular formula is C8H13NO. The smallest absolute Gasteiger partial charge is 0.0895 e. The average Bonchev–Trinajstić information content (AvgIpc) is 1.85. The van der Waals surface area contributed by atoms with Crippen molar-refractivity contribution in [3.05, 3.63) is 0 Å². The molecule has 1 heterocycles. The van der Waals surface area contributed by atoms with Gasteiger partial charge in [-0.1, -0.05) is 0 Å². The van der Waals surface area contributed by atoms with Gasteiger partial charge in [-0.25, -0.2) is 0 Å². The molecule has 0 amide bonds. The van der Waals surface area contributed by atoms with Crippen LogP contribution in [0.1, 0.15) is 19.3 Å². The van der Waals surface area contributed by atoms with E-state index in [0.717, 1.165) is 32.4 Å². The molecule has 1 aliphatic heterocycles. The summed E-state index contributed by atoms with van der Waals surface area (Å²) in [6.45, 7) is 1.47. The molecule has 0 radical (unpaired) electrons. The molecule has 56 valence electrons. The van der Waals surface area contributed by atoms with E-state index in [9.17, 15) is 5.11 Å². The van der Waals surface area contributed by atoms with Gasteiger partial charge in [0.2, 0.25) is 0 Å². The Kier molecular flexibility index (Phi) is 2.31. The normalized spacial score (nSPS) is 21.2. The van der Waals surface area contributed by atoms with Gasteiger partial charge < -0.3 is 10.4 Å². The topological polar surface area (TPSA) is 32.3 Å². The van der Waals surface area contributed by atoms with E-state index < -0.39 is 5.60 Å². The maximum atomic E-state index is 9.51. The van der Waals surface area contributed by atoms with Gasteiger partial charge in [0.25, 0.3) is 0 Å². The first-order valence-corrected chi connectivity index (χ1v) is 3.63. The van der Waals surface area contributed by atoms with E-state index in [1.54, 1.807) is 0 Å². The zero-order chi connectivity index (χ0) is 7.45. The third-order valence-electron chi connectivity index (χ3n) is 1.87. The van der Waals surface area contributed by atoms with Crippen LogP contribution in [-0.2, 0) is 0 Å². The van der Waals surface area contributed by atoms with Gasteiger partial charge in [-0.15, -0.1) is 12.3 Å². The van der Waals surface area contributed by atoms with Gasteiger partial charge in [-0.05, 0) is 12.8 Å². The molecule has 2 nitrogen and oxygen atoms in total. The molecule has 1 aliphatic rings. The van der Waals surface area contributed by atoms with Crippen molar-refractivity contribution in [2.24, 2.45) is 0 Å². The lowest BCUT2D eigenvalue weighted by molar-refractivity contribution is -0.0183. The average molecular weight is 139 g/mol. The van der Waals surface area contributed by atoms with E-state index in [0.29, 0.717) is 0 Å². The first-order chi connectivity index (χ1) is 4.77. The highest BCUT2D eigenvalue weighted by molar-refractivity contribution is 4.93. The maximum absolute atomic E-state index is 9.51. The molecule has 0 bridgehead atoms. The summed E-state index contributed by atoms with van der Waals surface area (Å²) in [5.41, 5.74) is -0.434. The van der Waals surface area contributed by atoms with E-state index in [2.05, 4.69) is 11.2 Å². The van der Waals surface area contributed by atoms with Gasteiger partial charge in [-0.2, -0.15) is 0 Å². The van der Waals surface area contributed by atoms with Crippen LogP contribution in [0, 0.1) is 12.3 Å². The standard InChI is InChI=1S/C8H13NO/c1-2-3-4-5-8(10)6-9-7-8/h1,9-10H,3-7H2. The first-order valence-electron chi connectivity index (χ1n) is 3.63. The van der Waals surface area contributed by atoms with Crippen molar-refractivity contribution in [2.75, 3.05) is 13.1 Å². The van der Waals surface area contributed by atoms with E-state index in [4.69, 9.17) is 6.42 Å². The zero-order valence-electron chi connectivity index (χ0n) is 6.06. The molecule has 1 saturated heterocycles. The number of unbranched alkanes of at least 4 members (excludes halogenated alkanes) is 1. The summed E-state index contributed by atoms with van der Waals surface area (Å²) < 4.78 is 0. The molecule has 2 N–H and O–H groups in total. The number of terminal acetylenes is 1. The first kappa shape index (κ1) is 7.59. The zero-order valence-corrected chi connectivity index (χ0v) is 6.06. The maximum Gasteiger partial charge on any atom is 0.0895 e. The second kappa shape index (κ2) is 3.05. The van der Waals surface area contributed by atoms with Gasteiger partial charge in [0, 0.05) is 19.5 Å². The molecule has 0 aromatic rings. The fourth-order valence-corrected chi connectivity index (χ4v) is 1.11. The minimum absolute atomic E-state index is 0.434. The minimum Gasteiger partial charge on any atom is -0.387 e. The van der Waals surface area contributed by atoms with Crippen LogP contribution >= 0.6 is 0 Å². The molecule has 10 heavy (non-hydrogen) atoms. The molecule has 2 heteroatoms. The van der Waals surface area contributed by atoms with Gasteiger partial charge in [0.05, 0.1) is 5.60 Å². The summed E-state index contributed by atoms with van der Waals surface area (Å²) in [7, 11) is 0. The third-order valence-corrected chi connectivity index (χ3v) is 1.87. The van der Waals surface area contributed by atoms with Crippen molar-refractivity contribution in [1.29, 1.82) is 0 Å². The highest BCUT2D eigenvalue weighted by Gasteiger charge is 2.32. The van der Waals surface area contributed by atoms with Crippen molar-refractivity contribution in [2.45, 2.75) is 24.9 Å².